The zero-order valence-electron chi connectivity index (χ0n) is 22.4. The standard InChI is InChI=1S/C31H30F2N4OS/c1-5-21-8-7-9-22(6-2)28(21)37-29(30-35-18(3)17-39-30)34-16-23(31(37)38)14-20-10-11-25(26(32)15-20)24-12-13-27(33)36-19(24)4/h7-13,15,17,38H,5-6,14,16H2,1-4H3. The Labute approximate surface area is 231 Å². The first-order valence-electron chi connectivity index (χ1n) is 13.0. The molecule has 0 saturated heterocycles. The highest BCUT2D eigenvalue weighted by Crippen LogP contribution is 2.35. The van der Waals surface area contributed by atoms with Crippen molar-refractivity contribution in [1.29, 1.82) is 0 Å². The van der Waals surface area contributed by atoms with Crippen LogP contribution >= 0.6 is 11.3 Å². The van der Waals surface area contributed by atoms with Gasteiger partial charge in [-0.15, -0.1) is 11.3 Å². The van der Waals surface area contributed by atoms with Gasteiger partial charge in [-0.1, -0.05) is 44.2 Å². The molecule has 1 aliphatic heterocycles. The summed E-state index contributed by atoms with van der Waals surface area (Å²) in [5.41, 5.74) is 6.73. The van der Waals surface area contributed by atoms with E-state index in [0.717, 1.165) is 40.4 Å². The van der Waals surface area contributed by atoms with Gasteiger partial charge in [0.15, 0.2) is 16.7 Å². The zero-order valence-corrected chi connectivity index (χ0v) is 23.2. The van der Waals surface area contributed by atoms with Gasteiger partial charge in [0, 0.05) is 39.9 Å². The van der Waals surface area contributed by atoms with Crippen molar-refractivity contribution in [3.63, 3.8) is 0 Å². The number of nitrogens with zero attached hydrogens (tertiary/aromatic N) is 4. The van der Waals surface area contributed by atoms with Gasteiger partial charge in [-0.05, 0) is 61.6 Å². The second-order valence-electron chi connectivity index (χ2n) is 9.59. The predicted molar refractivity (Wildman–Crippen MR) is 154 cm³/mol. The molecule has 0 atom stereocenters. The van der Waals surface area contributed by atoms with Crippen LogP contribution in [0, 0.1) is 25.6 Å². The van der Waals surface area contributed by atoms with Gasteiger partial charge >= 0.3 is 0 Å². The lowest BCUT2D eigenvalue weighted by molar-refractivity contribution is 0.392. The van der Waals surface area contributed by atoms with Gasteiger partial charge < -0.3 is 5.11 Å². The highest BCUT2D eigenvalue weighted by atomic mass is 32.1. The van der Waals surface area contributed by atoms with Crippen LogP contribution in [-0.4, -0.2) is 27.5 Å². The van der Waals surface area contributed by atoms with E-state index in [4.69, 9.17) is 4.99 Å². The van der Waals surface area contributed by atoms with Gasteiger partial charge in [0.1, 0.15) is 5.82 Å². The minimum atomic E-state index is -0.596. The Morgan fingerprint density at radius 2 is 1.67 bits per heavy atom. The quantitative estimate of drug-likeness (QED) is 0.245. The Hall–Kier alpha value is -3.91. The van der Waals surface area contributed by atoms with Gasteiger partial charge in [0.2, 0.25) is 5.95 Å². The summed E-state index contributed by atoms with van der Waals surface area (Å²) in [5, 5.41) is 14.5. The number of aliphatic imine (C=N–C) groups is 1. The number of amidine groups is 1. The zero-order chi connectivity index (χ0) is 27.7. The highest BCUT2D eigenvalue weighted by molar-refractivity contribution is 7.12. The Balaban J connectivity index is 1.55. The average molecular weight is 545 g/mol. The van der Waals surface area contributed by atoms with E-state index >= 15 is 4.39 Å². The summed E-state index contributed by atoms with van der Waals surface area (Å²) in [5.74, 6) is -0.303. The van der Waals surface area contributed by atoms with Gasteiger partial charge in [-0.3, -0.25) is 9.89 Å². The molecule has 5 rings (SSSR count). The van der Waals surface area contributed by atoms with Crippen LogP contribution in [-0.2, 0) is 19.3 Å². The summed E-state index contributed by atoms with van der Waals surface area (Å²) in [6, 6.07) is 13.9. The number of pyridine rings is 1. The molecule has 0 unspecified atom stereocenters. The summed E-state index contributed by atoms with van der Waals surface area (Å²) < 4.78 is 28.7. The molecule has 0 radical (unpaired) electrons. The van der Waals surface area contributed by atoms with E-state index < -0.39 is 11.8 Å². The molecule has 200 valence electrons. The van der Waals surface area contributed by atoms with Gasteiger partial charge in [-0.2, -0.15) is 4.39 Å². The molecule has 0 bridgehead atoms. The van der Waals surface area contributed by atoms with Crippen LogP contribution in [0.4, 0.5) is 14.5 Å². The van der Waals surface area contributed by atoms with Crippen LogP contribution in [0.25, 0.3) is 11.1 Å². The number of benzene rings is 2. The lowest BCUT2D eigenvalue weighted by Crippen LogP contribution is -2.37. The van der Waals surface area contributed by atoms with Gasteiger partial charge in [0.25, 0.3) is 0 Å². The van der Waals surface area contributed by atoms with Crippen LogP contribution < -0.4 is 4.90 Å². The number of rotatable bonds is 7. The molecule has 1 N–H and O–H groups in total. The third-order valence-corrected chi connectivity index (χ3v) is 7.91. The number of halogens is 2. The van der Waals surface area contributed by atoms with Crippen molar-refractivity contribution in [1.82, 2.24) is 9.97 Å². The minimum absolute atomic E-state index is 0.103. The average Bonchev–Trinajstić information content (AvgIpc) is 3.36. The second-order valence-corrected chi connectivity index (χ2v) is 10.4. The molecule has 0 amide bonds. The van der Waals surface area contributed by atoms with E-state index in [1.807, 2.05) is 29.3 Å². The van der Waals surface area contributed by atoms with Crippen molar-refractivity contribution in [3.8, 4) is 11.1 Å². The monoisotopic (exact) mass is 544 g/mol. The predicted octanol–water partition coefficient (Wildman–Crippen LogP) is 7.50. The Bertz CT molecular complexity index is 1590. The Morgan fingerprint density at radius 3 is 2.28 bits per heavy atom. The Morgan fingerprint density at radius 1 is 0.949 bits per heavy atom. The highest BCUT2D eigenvalue weighted by Gasteiger charge is 2.31. The molecule has 5 nitrogen and oxygen atoms in total. The maximum Gasteiger partial charge on any atom is 0.213 e. The summed E-state index contributed by atoms with van der Waals surface area (Å²) in [6.07, 6.45) is 1.90. The third kappa shape index (κ3) is 5.21. The molecule has 0 aliphatic carbocycles. The first-order valence-corrected chi connectivity index (χ1v) is 13.9. The fourth-order valence-corrected chi connectivity index (χ4v) is 5.78. The van der Waals surface area contributed by atoms with Crippen LogP contribution in [0.15, 0.2) is 70.4 Å². The van der Waals surface area contributed by atoms with Gasteiger partial charge in [-0.25, -0.2) is 14.4 Å². The summed E-state index contributed by atoms with van der Waals surface area (Å²) in [7, 11) is 0. The molecule has 0 fully saturated rings. The maximum atomic E-state index is 15.2. The fourth-order valence-electron chi connectivity index (χ4n) is 4.99. The minimum Gasteiger partial charge on any atom is -0.494 e. The first kappa shape index (κ1) is 26.7. The molecular weight excluding hydrogens is 514 g/mol. The molecular formula is C31H30F2N4OS. The number of aromatic nitrogens is 2. The van der Waals surface area contributed by atoms with Crippen LogP contribution in [0.1, 0.15) is 46.9 Å². The van der Waals surface area contributed by atoms with Crippen molar-refractivity contribution < 1.29 is 13.9 Å². The molecule has 0 spiro atoms. The van der Waals surface area contributed by atoms with Crippen LogP contribution in [0.3, 0.4) is 0 Å². The van der Waals surface area contributed by atoms with Crippen molar-refractivity contribution in [2.45, 2.75) is 47.0 Å². The number of aryl methyl sites for hydroxylation is 4. The van der Waals surface area contributed by atoms with E-state index in [1.54, 1.807) is 13.0 Å². The topological polar surface area (TPSA) is 61.6 Å². The SMILES string of the molecule is CCc1cccc(CC)c1N1C(c2nc(C)cs2)=NCC(Cc2ccc(-c3ccc(F)nc3C)c(F)c2)=C1O. The number of para-hydroxylation sites is 1. The van der Waals surface area contributed by atoms with Crippen LogP contribution in [0.5, 0.6) is 0 Å². The van der Waals surface area contributed by atoms with E-state index in [9.17, 15) is 9.50 Å². The fraction of sp³-hybridized carbons (Fsp3) is 0.258. The maximum absolute atomic E-state index is 15.2. The van der Waals surface area contributed by atoms with E-state index in [-0.39, 0.29) is 12.4 Å². The number of thiazole rings is 1. The molecule has 1 aliphatic rings. The van der Waals surface area contributed by atoms with E-state index in [1.165, 1.54) is 29.5 Å². The first-order chi connectivity index (χ1) is 18.8. The van der Waals surface area contributed by atoms with Crippen molar-refractivity contribution >= 4 is 22.9 Å². The third-order valence-electron chi connectivity index (χ3n) is 6.95. The number of hydrogen-bond acceptors (Lipinski definition) is 6. The van der Waals surface area contributed by atoms with Crippen molar-refractivity contribution in [2.24, 2.45) is 4.99 Å². The van der Waals surface area contributed by atoms with Crippen LogP contribution in [0.2, 0.25) is 0 Å². The second kappa shape index (κ2) is 11.1. The number of hydrogen-bond donors (Lipinski definition) is 1. The lowest BCUT2D eigenvalue weighted by atomic mass is 9.97. The molecule has 8 heteroatoms. The molecule has 2 aromatic carbocycles. The summed E-state index contributed by atoms with van der Waals surface area (Å²) in [6.45, 7) is 8.06. The van der Waals surface area contributed by atoms with Crippen molar-refractivity contribution in [2.75, 3.05) is 11.4 Å². The number of aliphatic hydroxyl groups is 1. The smallest absolute Gasteiger partial charge is 0.213 e. The molecule has 2 aromatic heterocycles. The summed E-state index contributed by atoms with van der Waals surface area (Å²) in [4.78, 5) is 15.2. The largest absolute Gasteiger partial charge is 0.494 e. The molecule has 3 heterocycles. The molecule has 0 saturated carbocycles. The Kier molecular flexibility index (Phi) is 7.57. The van der Waals surface area contributed by atoms with E-state index in [0.29, 0.717) is 40.2 Å². The number of aliphatic hydroxyl groups excluding tert-OH is 1. The molecule has 39 heavy (non-hydrogen) atoms. The van der Waals surface area contributed by atoms with Gasteiger partial charge in [0.05, 0.1) is 12.2 Å². The van der Waals surface area contributed by atoms with E-state index in [2.05, 4.69) is 35.9 Å². The summed E-state index contributed by atoms with van der Waals surface area (Å²) >= 11 is 1.50. The van der Waals surface area contributed by atoms with Crippen molar-refractivity contribution in [3.05, 3.63) is 110 Å². The number of anilines is 1. The normalized spacial score (nSPS) is 13.7. The lowest BCUT2D eigenvalue weighted by Gasteiger charge is -2.32. The molecule has 4 aromatic rings.